The number of rotatable bonds is 4. The summed E-state index contributed by atoms with van der Waals surface area (Å²) in [5.41, 5.74) is 2.93. The molecule has 1 N–H and O–H groups in total. The molecule has 0 radical (unpaired) electrons. The van der Waals surface area contributed by atoms with E-state index in [9.17, 15) is 4.79 Å². The van der Waals surface area contributed by atoms with Crippen LogP contribution in [0, 0.1) is 0 Å². The van der Waals surface area contributed by atoms with E-state index >= 15 is 0 Å². The van der Waals surface area contributed by atoms with E-state index in [4.69, 9.17) is 4.74 Å². The fraction of sp³-hybridized carbons (Fsp3) is 0.118. The highest BCUT2D eigenvalue weighted by atomic mass is 16.5. The summed E-state index contributed by atoms with van der Waals surface area (Å²) in [5.74, 6) is 0.226. The van der Waals surface area contributed by atoms with Gasteiger partial charge in [-0.2, -0.15) is 5.10 Å². The largest absolute Gasteiger partial charge is 0.465 e. The van der Waals surface area contributed by atoms with Crippen LogP contribution in [0.2, 0.25) is 0 Å². The number of aromatic nitrogens is 3. The molecular weight excluding hydrogens is 292 g/mol. The molecule has 3 aromatic rings. The predicted octanol–water partition coefficient (Wildman–Crippen LogP) is 3.01. The summed E-state index contributed by atoms with van der Waals surface area (Å²) in [6.45, 7) is 0. The van der Waals surface area contributed by atoms with Crippen LogP contribution in [0.3, 0.4) is 0 Å². The van der Waals surface area contributed by atoms with Crippen LogP contribution in [-0.2, 0) is 11.8 Å². The minimum atomic E-state index is -0.424. The first-order valence-corrected chi connectivity index (χ1v) is 7.07. The van der Waals surface area contributed by atoms with E-state index < -0.39 is 5.97 Å². The molecule has 0 aliphatic carbocycles. The molecule has 116 valence electrons. The average Bonchev–Trinajstić information content (AvgIpc) is 2.96. The van der Waals surface area contributed by atoms with Crippen LogP contribution in [0.1, 0.15) is 10.4 Å². The molecule has 23 heavy (non-hydrogen) atoms. The highest BCUT2D eigenvalue weighted by Crippen LogP contribution is 2.29. The molecular formula is C17H16N4O2. The molecule has 0 spiro atoms. The Hall–Kier alpha value is -3.15. The molecule has 6 heteroatoms. The summed E-state index contributed by atoms with van der Waals surface area (Å²) in [5, 5.41) is 7.61. The Morgan fingerprint density at radius 1 is 1.22 bits per heavy atom. The second-order valence-corrected chi connectivity index (χ2v) is 4.97. The molecule has 0 saturated carbocycles. The first-order chi connectivity index (χ1) is 11.2. The van der Waals surface area contributed by atoms with E-state index in [1.807, 2.05) is 43.6 Å². The second kappa shape index (κ2) is 6.31. The van der Waals surface area contributed by atoms with Crippen molar-refractivity contribution in [3.63, 3.8) is 0 Å². The lowest BCUT2D eigenvalue weighted by atomic mass is 10.1. The summed E-state index contributed by atoms with van der Waals surface area (Å²) < 4.78 is 6.52. The van der Waals surface area contributed by atoms with Gasteiger partial charge in [-0.25, -0.2) is 4.79 Å². The third-order valence-electron chi connectivity index (χ3n) is 3.39. The zero-order valence-corrected chi connectivity index (χ0v) is 12.9. The van der Waals surface area contributed by atoms with E-state index in [1.54, 1.807) is 23.1 Å². The third-order valence-corrected chi connectivity index (χ3v) is 3.39. The minimum Gasteiger partial charge on any atom is -0.465 e. The zero-order chi connectivity index (χ0) is 16.2. The van der Waals surface area contributed by atoms with Crippen LogP contribution in [0.5, 0.6) is 0 Å². The first-order valence-electron chi connectivity index (χ1n) is 7.07. The normalized spacial score (nSPS) is 10.3. The molecule has 0 aliphatic heterocycles. The number of hydrogen-bond donors (Lipinski definition) is 1. The van der Waals surface area contributed by atoms with Crippen molar-refractivity contribution >= 4 is 17.5 Å². The number of benzene rings is 1. The Morgan fingerprint density at radius 3 is 2.74 bits per heavy atom. The van der Waals surface area contributed by atoms with Crippen LogP contribution < -0.4 is 5.32 Å². The molecule has 0 amide bonds. The lowest BCUT2D eigenvalue weighted by molar-refractivity contribution is 0.0602. The smallest absolute Gasteiger partial charge is 0.340 e. The fourth-order valence-electron chi connectivity index (χ4n) is 2.32. The van der Waals surface area contributed by atoms with Crippen molar-refractivity contribution in [3.05, 3.63) is 60.6 Å². The number of pyridine rings is 1. The number of esters is 1. The number of methoxy groups -OCH3 is 1. The Kier molecular flexibility index (Phi) is 4.05. The highest BCUT2D eigenvalue weighted by molar-refractivity contribution is 5.96. The summed E-state index contributed by atoms with van der Waals surface area (Å²) in [7, 11) is 3.20. The molecule has 0 aliphatic rings. The Balaban J connectivity index is 2.01. The van der Waals surface area contributed by atoms with Gasteiger partial charge >= 0.3 is 5.97 Å². The van der Waals surface area contributed by atoms with E-state index in [0.29, 0.717) is 17.1 Å². The van der Waals surface area contributed by atoms with E-state index in [1.165, 1.54) is 7.11 Å². The third kappa shape index (κ3) is 3.06. The van der Waals surface area contributed by atoms with E-state index in [-0.39, 0.29) is 0 Å². The van der Waals surface area contributed by atoms with Crippen molar-refractivity contribution in [1.82, 2.24) is 14.8 Å². The van der Waals surface area contributed by atoms with Crippen LogP contribution in [-0.4, -0.2) is 27.8 Å². The standard InChI is InChI=1S/C17H16N4O2/c1-21-11-14(12-6-4-3-5-7-12)16(20-21)19-15-10-18-9-8-13(15)17(22)23-2/h3-11H,1-2H3,(H,19,20). The Labute approximate surface area is 133 Å². The van der Waals surface area contributed by atoms with Crippen LogP contribution in [0.4, 0.5) is 11.5 Å². The maximum atomic E-state index is 11.9. The summed E-state index contributed by atoms with van der Waals surface area (Å²) in [4.78, 5) is 15.9. The van der Waals surface area contributed by atoms with Gasteiger partial charge in [-0.3, -0.25) is 9.67 Å². The molecule has 2 aromatic heterocycles. The number of nitrogens with zero attached hydrogens (tertiary/aromatic N) is 3. The van der Waals surface area contributed by atoms with Crippen molar-refractivity contribution in [2.75, 3.05) is 12.4 Å². The van der Waals surface area contributed by atoms with Gasteiger partial charge in [-0.1, -0.05) is 30.3 Å². The number of nitrogens with one attached hydrogen (secondary N) is 1. The first kappa shape index (κ1) is 14.8. The molecule has 1 aromatic carbocycles. The zero-order valence-electron chi connectivity index (χ0n) is 12.9. The second-order valence-electron chi connectivity index (χ2n) is 4.97. The summed E-state index contributed by atoms with van der Waals surface area (Å²) >= 11 is 0. The summed E-state index contributed by atoms with van der Waals surface area (Å²) in [6, 6.07) is 11.5. The van der Waals surface area contributed by atoms with Crippen LogP contribution >= 0.6 is 0 Å². The van der Waals surface area contributed by atoms with Gasteiger partial charge < -0.3 is 10.1 Å². The number of hydrogen-bond acceptors (Lipinski definition) is 5. The van der Waals surface area contributed by atoms with Gasteiger partial charge in [0.2, 0.25) is 0 Å². The number of carbonyl (C=O) groups is 1. The number of ether oxygens (including phenoxy) is 1. The predicted molar refractivity (Wildman–Crippen MR) is 87.5 cm³/mol. The maximum Gasteiger partial charge on any atom is 0.340 e. The van der Waals surface area contributed by atoms with Crippen molar-refractivity contribution in [2.24, 2.45) is 7.05 Å². The van der Waals surface area contributed by atoms with E-state index in [0.717, 1.165) is 11.1 Å². The number of anilines is 2. The van der Waals surface area contributed by atoms with Gasteiger partial charge in [0.15, 0.2) is 5.82 Å². The van der Waals surface area contributed by atoms with Gasteiger partial charge in [0.25, 0.3) is 0 Å². The molecule has 0 atom stereocenters. The molecule has 6 nitrogen and oxygen atoms in total. The van der Waals surface area contributed by atoms with Crippen LogP contribution in [0.25, 0.3) is 11.1 Å². The molecule has 0 fully saturated rings. The Bertz CT molecular complexity index is 828. The molecule has 0 bridgehead atoms. The Morgan fingerprint density at radius 2 is 2.00 bits per heavy atom. The van der Waals surface area contributed by atoms with Crippen LogP contribution in [0.15, 0.2) is 55.0 Å². The quantitative estimate of drug-likeness (QED) is 0.750. The molecule has 3 rings (SSSR count). The number of carbonyl (C=O) groups excluding carboxylic acids is 1. The minimum absolute atomic E-state index is 0.409. The fourth-order valence-corrected chi connectivity index (χ4v) is 2.32. The highest BCUT2D eigenvalue weighted by Gasteiger charge is 2.15. The van der Waals surface area contributed by atoms with Crippen molar-refractivity contribution < 1.29 is 9.53 Å². The van der Waals surface area contributed by atoms with Crippen molar-refractivity contribution in [1.29, 1.82) is 0 Å². The van der Waals surface area contributed by atoms with Gasteiger partial charge in [-0.05, 0) is 11.6 Å². The SMILES string of the molecule is COC(=O)c1ccncc1Nc1nn(C)cc1-c1ccccc1. The average molecular weight is 308 g/mol. The van der Waals surface area contributed by atoms with Crippen molar-refractivity contribution in [2.45, 2.75) is 0 Å². The number of aryl methyl sites for hydroxylation is 1. The molecule has 0 unspecified atom stereocenters. The topological polar surface area (TPSA) is 69.0 Å². The molecule has 2 heterocycles. The van der Waals surface area contributed by atoms with Gasteiger partial charge in [0.1, 0.15) is 0 Å². The van der Waals surface area contributed by atoms with Gasteiger partial charge in [-0.15, -0.1) is 0 Å². The molecule has 0 saturated heterocycles. The summed E-state index contributed by atoms with van der Waals surface area (Å²) in [6.07, 6.45) is 5.05. The monoisotopic (exact) mass is 308 g/mol. The lowest BCUT2D eigenvalue weighted by Crippen LogP contribution is -2.06. The van der Waals surface area contributed by atoms with Gasteiger partial charge in [0.05, 0.1) is 24.6 Å². The maximum absolute atomic E-state index is 11.9. The van der Waals surface area contributed by atoms with Gasteiger partial charge in [0, 0.05) is 25.0 Å². The van der Waals surface area contributed by atoms with E-state index in [2.05, 4.69) is 15.4 Å². The van der Waals surface area contributed by atoms with Crippen molar-refractivity contribution in [3.8, 4) is 11.1 Å². The lowest BCUT2D eigenvalue weighted by Gasteiger charge is -2.09.